The maximum Gasteiger partial charge on any atom is 0.125 e. The molecule has 1 fully saturated rings. The molecule has 17 heavy (non-hydrogen) atoms. The summed E-state index contributed by atoms with van der Waals surface area (Å²) in [6, 6.07) is 6.98. The number of hydrogen-bond donors (Lipinski definition) is 0. The van der Waals surface area contributed by atoms with Gasteiger partial charge < -0.3 is 4.57 Å². The van der Waals surface area contributed by atoms with Gasteiger partial charge in [0.05, 0.1) is 16.9 Å². The minimum atomic E-state index is 0.499. The van der Waals surface area contributed by atoms with E-state index in [0.717, 1.165) is 17.3 Å². The molecular weight excluding hydrogens is 232 g/mol. The molecule has 1 heterocycles. The van der Waals surface area contributed by atoms with Gasteiger partial charge >= 0.3 is 0 Å². The summed E-state index contributed by atoms with van der Waals surface area (Å²) < 4.78 is 2.36. The number of benzene rings is 1. The Morgan fingerprint density at radius 3 is 2.82 bits per heavy atom. The molecule has 2 nitrogen and oxygen atoms in total. The van der Waals surface area contributed by atoms with Gasteiger partial charge in [-0.2, -0.15) is 0 Å². The largest absolute Gasteiger partial charge is 0.324 e. The summed E-state index contributed by atoms with van der Waals surface area (Å²) in [5, 5.41) is 0. The van der Waals surface area contributed by atoms with Crippen molar-refractivity contribution in [3.8, 4) is 0 Å². The predicted molar refractivity (Wildman–Crippen MR) is 71.5 cm³/mol. The Bertz CT molecular complexity index is 553. The first-order chi connectivity index (χ1) is 8.20. The van der Waals surface area contributed by atoms with Gasteiger partial charge in [0.25, 0.3) is 0 Å². The molecule has 0 amide bonds. The highest BCUT2D eigenvalue weighted by molar-refractivity contribution is 6.16. The molecule has 1 aromatic heterocycles. The maximum atomic E-state index is 6.03. The topological polar surface area (TPSA) is 17.8 Å². The number of para-hydroxylation sites is 1. The highest BCUT2D eigenvalue weighted by Crippen LogP contribution is 2.40. The van der Waals surface area contributed by atoms with Crippen LogP contribution in [0.4, 0.5) is 0 Å². The first-order valence-electron chi connectivity index (χ1n) is 6.23. The zero-order valence-corrected chi connectivity index (χ0v) is 11.0. The predicted octanol–water partition coefficient (Wildman–Crippen LogP) is 4.05. The van der Waals surface area contributed by atoms with Crippen LogP contribution in [0.5, 0.6) is 0 Å². The number of fused-ring (bicyclic) bond motifs is 1. The Kier molecular flexibility index (Phi) is 2.62. The third kappa shape index (κ3) is 1.66. The third-order valence-electron chi connectivity index (χ3n) is 3.83. The van der Waals surface area contributed by atoms with Crippen LogP contribution in [0.3, 0.4) is 0 Å². The van der Waals surface area contributed by atoms with E-state index in [1.54, 1.807) is 0 Å². The molecule has 0 bridgehead atoms. The first kappa shape index (κ1) is 11.1. The van der Waals surface area contributed by atoms with Gasteiger partial charge in [-0.3, -0.25) is 0 Å². The molecule has 1 aromatic carbocycles. The van der Waals surface area contributed by atoms with Crippen molar-refractivity contribution in [2.45, 2.75) is 38.6 Å². The molecule has 90 valence electrons. The lowest BCUT2D eigenvalue weighted by Gasteiger charge is -2.35. The molecule has 3 rings (SSSR count). The van der Waals surface area contributed by atoms with Crippen LogP contribution >= 0.6 is 11.6 Å². The van der Waals surface area contributed by atoms with Crippen molar-refractivity contribution in [1.29, 1.82) is 0 Å². The standard InChI is InChI=1S/C14H17ClN2/c1-9-6-11(7-9)17-12-5-3-4-10(2)14(12)16-13(17)8-15/h3-5,9,11H,6-8H2,1-2H3. The number of hydrogen-bond acceptors (Lipinski definition) is 1. The molecule has 0 atom stereocenters. The Morgan fingerprint density at radius 2 is 2.18 bits per heavy atom. The summed E-state index contributed by atoms with van der Waals surface area (Å²) in [5.74, 6) is 2.36. The fraction of sp³-hybridized carbons (Fsp3) is 0.500. The van der Waals surface area contributed by atoms with Crippen molar-refractivity contribution in [3.63, 3.8) is 0 Å². The SMILES string of the molecule is Cc1cccc2c1nc(CCl)n2C1CC(C)C1. The zero-order chi connectivity index (χ0) is 12.0. The summed E-state index contributed by atoms with van der Waals surface area (Å²) in [6.45, 7) is 4.42. The van der Waals surface area contributed by atoms with Crippen molar-refractivity contribution >= 4 is 22.6 Å². The van der Waals surface area contributed by atoms with E-state index in [2.05, 4.69) is 41.6 Å². The normalized spacial score (nSPS) is 23.9. The highest BCUT2D eigenvalue weighted by atomic mass is 35.5. The number of alkyl halides is 1. The van der Waals surface area contributed by atoms with Crippen LogP contribution in [0, 0.1) is 12.8 Å². The van der Waals surface area contributed by atoms with E-state index < -0.39 is 0 Å². The number of halogens is 1. The second-order valence-corrected chi connectivity index (χ2v) is 5.47. The monoisotopic (exact) mass is 248 g/mol. The molecule has 0 N–H and O–H groups in total. The Morgan fingerprint density at radius 1 is 1.41 bits per heavy atom. The average molecular weight is 249 g/mol. The minimum Gasteiger partial charge on any atom is -0.324 e. The summed E-state index contributed by atoms with van der Waals surface area (Å²) in [4.78, 5) is 4.69. The molecule has 1 aliphatic carbocycles. The van der Waals surface area contributed by atoms with E-state index in [0.29, 0.717) is 11.9 Å². The van der Waals surface area contributed by atoms with Crippen LogP contribution in [-0.2, 0) is 5.88 Å². The second kappa shape index (κ2) is 4.02. The van der Waals surface area contributed by atoms with Gasteiger partial charge in [-0.05, 0) is 37.3 Å². The van der Waals surface area contributed by atoms with Crippen LogP contribution in [0.15, 0.2) is 18.2 Å². The van der Waals surface area contributed by atoms with E-state index in [1.165, 1.54) is 23.9 Å². The molecule has 3 heteroatoms. The van der Waals surface area contributed by atoms with Crippen molar-refractivity contribution in [3.05, 3.63) is 29.6 Å². The van der Waals surface area contributed by atoms with Gasteiger partial charge in [-0.1, -0.05) is 19.1 Å². The summed E-state index contributed by atoms with van der Waals surface area (Å²) in [5.41, 5.74) is 3.60. The van der Waals surface area contributed by atoms with Gasteiger partial charge in [0.2, 0.25) is 0 Å². The molecule has 0 radical (unpaired) electrons. The fourth-order valence-corrected chi connectivity index (χ4v) is 3.07. The van der Waals surface area contributed by atoms with Crippen molar-refractivity contribution in [1.82, 2.24) is 9.55 Å². The number of nitrogens with zero attached hydrogens (tertiary/aromatic N) is 2. The van der Waals surface area contributed by atoms with Gasteiger partial charge in [0, 0.05) is 6.04 Å². The number of aryl methyl sites for hydroxylation is 1. The Labute approximate surface area is 107 Å². The summed E-state index contributed by atoms with van der Waals surface area (Å²) >= 11 is 6.03. The van der Waals surface area contributed by atoms with Gasteiger partial charge in [0.15, 0.2) is 0 Å². The van der Waals surface area contributed by atoms with Crippen molar-refractivity contribution in [2.75, 3.05) is 0 Å². The average Bonchev–Trinajstić information content (AvgIpc) is 2.65. The maximum absolute atomic E-state index is 6.03. The molecular formula is C14H17ClN2. The second-order valence-electron chi connectivity index (χ2n) is 5.20. The molecule has 2 aromatic rings. The molecule has 1 aliphatic rings. The number of rotatable bonds is 2. The molecule has 0 saturated heterocycles. The lowest BCUT2D eigenvalue weighted by Crippen LogP contribution is -2.25. The summed E-state index contributed by atoms with van der Waals surface area (Å²) in [7, 11) is 0. The van der Waals surface area contributed by atoms with E-state index in [1.807, 2.05) is 0 Å². The lowest BCUT2D eigenvalue weighted by atomic mass is 9.81. The van der Waals surface area contributed by atoms with Crippen LogP contribution in [0.1, 0.15) is 37.2 Å². The quantitative estimate of drug-likeness (QED) is 0.733. The van der Waals surface area contributed by atoms with Gasteiger partial charge in [-0.15, -0.1) is 11.6 Å². The summed E-state index contributed by atoms with van der Waals surface area (Å²) in [6.07, 6.45) is 2.51. The van der Waals surface area contributed by atoms with Crippen LogP contribution in [0.2, 0.25) is 0 Å². The molecule has 0 spiro atoms. The van der Waals surface area contributed by atoms with Crippen molar-refractivity contribution < 1.29 is 0 Å². The Balaban J connectivity index is 2.17. The van der Waals surface area contributed by atoms with E-state index in [9.17, 15) is 0 Å². The molecule has 0 unspecified atom stereocenters. The van der Waals surface area contributed by atoms with Crippen LogP contribution in [-0.4, -0.2) is 9.55 Å². The van der Waals surface area contributed by atoms with Gasteiger partial charge in [0.1, 0.15) is 5.82 Å². The van der Waals surface area contributed by atoms with E-state index >= 15 is 0 Å². The minimum absolute atomic E-state index is 0.499. The van der Waals surface area contributed by atoms with E-state index in [-0.39, 0.29) is 0 Å². The van der Waals surface area contributed by atoms with E-state index in [4.69, 9.17) is 11.6 Å². The lowest BCUT2D eigenvalue weighted by molar-refractivity contribution is 0.217. The Hall–Kier alpha value is -1.02. The first-order valence-corrected chi connectivity index (χ1v) is 6.76. The number of imidazole rings is 1. The third-order valence-corrected chi connectivity index (χ3v) is 4.07. The molecule has 1 saturated carbocycles. The molecule has 0 aliphatic heterocycles. The number of aromatic nitrogens is 2. The van der Waals surface area contributed by atoms with Crippen LogP contribution in [0.25, 0.3) is 11.0 Å². The van der Waals surface area contributed by atoms with Crippen LogP contribution < -0.4 is 0 Å². The fourth-order valence-electron chi connectivity index (χ4n) is 2.88. The van der Waals surface area contributed by atoms with Gasteiger partial charge in [-0.25, -0.2) is 4.98 Å². The zero-order valence-electron chi connectivity index (χ0n) is 10.3. The smallest absolute Gasteiger partial charge is 0.125 e. The van der Waals surface area contributed by atoms with Crippen molar-refractivity contribution in [2.24, 2.45) is 5.92 Å². The highest BCUT2D eigenvalue weighted by Gasteiger charge is 2.29.